The monoisotopic (exact) mass is 453 g/mol. The van der Waals surface area contributed by atoms with E-state index in [-0.39, 0.29) is 12.1 Å². The third kappa shape index (κ3) is 4.02. The van der Waals surface area contributed by atoms with E-state index in [2.05, 4.69) is 88.0 Å². The number of nitrogens with zero attached hydrogens (tertiary/aromatic N) is 4. The van der Waals surface area contributed by atoms with Crippen molar-refractivity contribution in [2.75, 3.05) is 0 Å². The first-order valence-electron chi connectivity index (χ1n) is 11.2. The summed E-state index contributed by atoms with van der Waals surface area (Å²) in [6.45, 7) is 7.13. The second-order valence-electron chi connectivity index (χ2n) is 8.59. The molecule has 2 atom stereocenters. The predicted octanol–water partition coefficient (Wildman–Crippen LogP) is 5.37. The molecule has 1 N–H and O–H groups in total. The number of nitrogens with one attached hydrogen (secondary N) is 1. The lowest BCUT2D eigenvalue weighted by molar-refractivity contribution is 0.310. The van der Waals surface area contributed by atoms with E-state index in [1.54, 1.807) is 0 Å². The van der Waals surface area contributed by atoms with Gasteiger partial charge < -0.3 is 14.8 Å². The second-order valence-corrected chi connectivity index (χ2v) is 8.98. The molecule has 1 aromatic carbocycles. The number of hydrogen-bond donors (Lipinski definition) is 1. The summed E-state index contributed by atoms with van der Waals surface area (Å²) < 4.78 is 2.24. The lowest BCUT2D eigenvalue weighted by atomic mass is 9.96. The van der Waals surface area contributed by atoms with Gasteiger partial charge in [-0.2, -0.15) is 0 Å². The van der Waals surface area contributed by atoms with Crippen LogP contribution in [0.25, 0.3) is 5.82 Å². The average Bonchev–Trinajstić information content (AvgIpc) is 3.30. The molecule has 0 amide bonds. The maximum atomic E-state index is 5.86. The zero-order valence-corrected chi connectivity index (χ0v) is 19.9. The van der Waals surface area contributed by atoms with Crippen molar-refractivity contribution in [3.05, 3.63) is 113 Å². The van der Waals surface area contributed by atoms with E-state index in [0.29, 0.717) is 0 Å². The smallest absolute Gasteiger partial charge is 0.170 e. The van der Waals surface area contributed by atoms with Crippen molar-refractivity contribution in [3.8, 4) is 5.82 Å². The van der Waals surface area contributed by atoms with Crippen molar-refractivity contribution in [2.45, 2.75) is 39.4 Å². The molecule has 1 fully saturated rings. The third-order valence-electron chi connectivity index (χ3n) is 6.31. The maximum absolute atomic E-state index is 5.86. The first-order valence-corrected chi connectivity index (χ1v) is 11.6. The zero-order chi connectivity index (χ0) is 22.9. The van der Waals surface area contributed by atoms with Crippen LogP contribution in [0.3, 0.4) is 0 Å². The van der Waals surface area contributed by atoms with Crippen molar-refractivity contribution in [2.24, 2.45) is 0 Å². The number of pyridine rings is 2. The summed E-state index contributed by atoms with van der Waals surface area (Å²) in [6.07, 6.45) is 3.71. The van der Waals surface area contributed by atoms with Gasteiger partial charge in [0.1, 0.15) is 5.82 Å². The molecular formula is C27H27N5S. The SMILES string of the molecule is Cc1ccnc(-n2c(C)cc(C3C(c4ccccn4)NC(=S)N3Cc3ccccc3)c2C)c1. The predicted molar refractivity (Wildman–Crippen MR) is 135 cm³/mol. The molecule has 1 aliphatic rings. The van der Waals surface area contributed by atoms with Gasteiger partial charge in [-0.05, 0) is 80.0 Å². The Balaban J connectivity index is 1.62. The van der Waals surface area contributed by atoms with Crippen LogP contribution in [0.4, 0.5) is 0 Å². The van der Waals surface area contributed by atoms with Crippen LogP contribution in [0.1, 0.15) is 45.9 Å². The average molecular weight is 454 g/mol. The molecule has 4 aromatic rings. The lowest BCUT2D eigenvalue weighted by Gasteiger charge is -2.28. The molecule has 3 aromatic heterocycles. The molecule has 33 heavy (non-hydrogen) atoms. The summed E-state index contributed by atoms with van der Waals surface area (Å²) >= 11 is 5.86. The minimum Gasteiger partial charge on any atom is -0.352 e. The molecular weight excluding hydrogens is 426 g/mol. The van der Waals surface area contributed by atoms with Gasteiger partial charge in [0.2, 0.25) is 0 Å². The van der Waals surface area contributed by atoms with E-state index >= 15 is 0 Å². The topological polar surface area (TPSA) is 46.0 Å². The van der Waals surface area contributed by atoms with E-state index in [1.807, 2.05) is 36.7 Å². The first-order chi connectivity index (χ1) is 16.0. The van der Waals surface area contributed by atoms with Gasteiger partial charge in [0.15, 0.2) is 5.11 Å². The summed E-state index contributed by atoms with van der Waals surface area (Å²) in [5.41, 5.74) is 6.95. The van der Waals surface area contributed by atoms with E-state index in [4.69, 9.17) is 12.2 Å². The van der Waals surface area contributed by atoms with Gasteiger partial charge in [-0.15, -0.1) is 0 Å². The van der Waals surface area contributed by atoms with Crippen LogP contribution in [0, 0.1) is 20.8 Å². The Bertz CT molecular complexity index is 1280. The van der Waals surface area contributed by atoms with Crippen LogP contribution in [-0.2, 0) is 6.54 Å². The molecule has 166 valence electrons. The summed E-state index contributed by atoms with van der Waals surface area (Å²) in [4.78, 5) is 11.6. The molecule has 5 nitrogen and oxygen atoms in total. The molecule has 0 saturated carbocycles. The quantitative estimate of drug-likeness (QED) is 0.412. The molecule has 6 heteroatoms. The summed E-state index contributed by atoms with van der Waals surface area (Å²) in [5, 5.41) is 4.31. The van der Waals surface area contributed by atoms with Crippen LogP contribution >= 0.6 is 12.2 Å². The van der Waals surface area contributed by atoms with Crippen LogP contribution in [0.15, 0.2) is 79.1 Å². The summed E-state index contributed by atoms with van der Waals surface area (Å²) in [7, 11) is 0. The zero-order valence-electron chi connectivity index (χ0n) is 19.1. The van der Waals surface area contributed by atoms with Crippen molar-refractivity contribution >= 4 is 17.3 Å². The van der Waals surface area contributed by atoms with Crippen molar-refractivity contribution in [1.82, 2.24) is 24.8 Å². The summed E-state index contributed by atoms with van der Waals surface area (Å²) in [6, 6.07) is 22.9. The Hall–Kier alpha value is -3.51. The van der Waals surface area contributed by atoms with Crippen LogP contribution in [0.2, 0.25) is 0 Å². The molecule has 1 aliphatic heterocycles. The number of rotatable bonds is 5. The second kappa shape index (κ2) is 8.79. The maximum Gasteiger partial charge on any atom is 0.170 e. The highest BCUT2D eigenvalue weighted by Crippen LogP contribution is 2.42. The standard InChI is InChI=1S/C27H27N5S/c1-18-12-14-29-24(15-18)32-19(2)16-22(20(32)3)26-25(23-11-7-8-13-28-23)30-27(33)31(26)17-21-9-5-4-6-10-21/h4-16,25-26H,17H2,1-3H3,(H,30,33). The van der Waals surface area contributed by atoms with Gasteiger partial charge in [-0.25, -0.2) is 4.98 Å². The van der Waals surface area contributed by atoms with Gasteiger partial charge >= 0.3 is 0 Å². The number of aryl methyl sites for hydroxylation is 2. The fourth-order valence-electron chi connectivity index (χ4n) is 4.78. The van der Waals surface area contributed by atoms with E-state index < -0.39 is 0 Å². The van der Waals surface area contributed by atoms with Crippen LogP contribution in [-0.4, -0.2) is 24.5 Å². The number of hydrogen-bond acceptors (Lipinski definition) is 3. The van der Waals surface area contributed by atoms with Gasteiger partial charge in [0.25, 0.3) is 0 Å². The minimum absolute atomic E-state index is 0.0114. The van der Waals surface area contributed by atoms with Crippen molar-refractivity contribution < 1.29 is 0 Å². The highest BCUT2D eigenvalue weighted by atomic mass is 32.1. The molecule has 0 bridgehead atoms. The fourth-order valence-corrected chi connectivity index (χ4v) is 5.08. The number of benzene rings is 1. The molecule has 0 spiro atoms. The van der Waals surface area contributed by atoms with Crippen LogP contribution < -0.4 is 5.32 Å². The van der Waals surface area contributed by atoms with Gasteiger partial charge in [0.05, 0.1) is 17.8 Å². The van der Waals surface area contributed by atoms with Gasteiger partial charge in [-0.1, -0.05) is 36.4 Å². The van der Waals surface area contributed by atoms with E-state index in [0.717, 1.165) is 28.9 Å². The molecule has 4 heterocycles. The van der Waals surface area contributed by atoms with Gasteiger partial charge in [-0.3, -0.25) is 4.98 Å². The van der Waals surface area contributed by atoms with Gasteiger partial charge in [0, 0.05) is 30.3 Å². The van der Waals surface area contributed by atoms with E-state index in [1.165, 1.54) is 22.4 Å². The molecule has 0 aliphatic carbocycles. The molecule has 0 radical (unpaired) electrons. The van der Waals surface area contributed by atoms with Crippen LogP contribution in [0.5, 0.6) is 0 Å². The molecule has 2 unspecified atom stereocenters. The van der Waals surface area contributed by atoms with Crippen molar-refractivity contribution in [1.29, 1.82) is 0 Å². The Morgan fingerprint density at radius 1 is 0.909 bits per heavy atom. The molecule has 5 rings (SSSR count). The highest BCUT2D eigenvalue weighted by molar-refractivity contribution is 7.80. The Labute approximate surface area is 200 Å². The molecule has 1 saturated heterocycles. The highest BCUT2D eigenvalue weighted by Gasteiger charge is 2.41. The third-order valence-corrected chi connectivity index (χ3v) is 6.66. The lowest BCUT2D eigenvalue weighted by Crippen LogP contribution is -2.29. The van der Waals surface area contributed by atoms with E-state index in [9.17, 15) is 0 Å². The summed E-state index contributed by atoms with van der Waals surface area (Å²) in [5.74, 6) is 0.939. The Kier molecular flexibility index (Phi) is 5.68. The Morgan fingerprint density at radius 2 is 1.70 bits per heavy atom. The first kappa shape index (κ1) is 21.3. The van der Waals surface area contributed by atoms with Crippen molar-refractivity contribution in [3.63, 3.8) is 0 Å². The number of aromatic nitrogens is 3. The normalized spacial score (nSPS) is 17.9. The Morgan fingerprint density at radius 3 is 2.42 bits per heavy atom. The fraction of sp³-hybridized carbons (Fsp3) is 0.222. The number of thiocarbonyl (C=S) groups is 1. The largest absolute Gasteiger partial charge is 0.352 e. The minimum atomic E-state index is -0.0400.